The third-order valence-corrected chi connectivity index (χ3v) is 3.47. The average molecular weight is 302 g/mol. The van der Waals surface area contributed by atoms with Crippen molar-refractivity contribution in [1.82, 2.24) is 0 Å². The molecule has 0 bridgehead atoms. The lowest BCUT2D eigenvalue weighted by atomic mass is 10.2. The highest BCUT2D eigenvalue weighted by Gasteiger charge is 2.27. The second-order valence-corrected chi connectivity index (χ2v) is 5.70. The molecule has 4 nitrogen and oxygen atoms in total. The summed E-state index contributed by atoms with van der Waals surface area (Å²) >= 11 is 5.67. The molecule has 6 heteroatoms. The van der Waals surface area contributed by atoms with E-state index < -0.39 is 5.82 Å². The van der Waals surface area contributed by atoms with E-state index in [9.17, 15) is 9.18 Å². The minimum atomic E-state index is -0.524. The van der Waals surface area contributed by atoms with Crippen molar-refractivity contribution in [3.8, 4) is 0 Å². The van der Waals surface area contributed by atoms with Gasteiger partial charge < -0.3 is 15.0 Å². The normalized spacial score (nSPS) is 26.3. The number of rotatable bonds is 3. The molecule has 20 heavy (non-hydrogen) atoms. The molecule has 0 aliphatic carbocycles. The molecule has 1 aromatic rings. The monoisotopic (exact) mass is 301 g/mol. The summed E-state index contributed by atoms with van der Waals surface area (Å²) in [5.41, 5.74) is 0.160. The Balaban J connectivity index is 1.92. The number of quaternary nitrogens is 1. The van der Waals surface area contributed by atoms with Crippen LogP contribution in [0.2, 0.25) is 5.02 Å². The van der Waals surface area contributed by atoms with Gasteiger partial charge in [-0.15, -0.1) is 0 Å². The van der Waals surface area contributed by atoms with Crippen molar-refractivity contribution in [3.63, 3.8) is 0 Å². The molecule has 1 aromatic carbocycles. The van der Waals surface area contributed by atoms with Gasteiger partial charge in [0.05, 0.1) is 5.69 Å². The van der Waals surface area contributed by atoms with Gasteiger partial charge in [0.1, 0.15) is 31.1 Å². The third kappa shape index (κ3) is 4.16. The lowest BCUT2D eigenvalue weighted by Gasteiger charge is -2.31. The van der Waals surface area contributed by atoms with Crippen LogP contribution < -0.4 is 10.2 Å². The molecule has 1 aliphatic rings. The Bertz CT molecular complexity index is 488. The fourth-order valence-corrected chi connectivity index (χ4v) is 2.70. The number of halogens is 2. The lowest BCUT2D eigenvalue weighted by molar-refractivity contribution is -0.907. The number of carbonyl (C=O) groups excluding carboxylic acids is 1. The van der Waals surface area contributed by atoms with E-state index in [1.807, 2.05) is 13.8 Å². The Labute approximate surface area is 122 Å². The standard InChI is InChI=1S/C14H18ClFN2O2/c1-9-6-18(7-10(2)20-9)8-14(19)17-13-4-3-11(15)5-12(13)16/h3-5,9-10H,6-8H2,1-2H3,(H,17,19)/p+1/t9-,10-/m1/s1. The zero-order chi connectivity index (χ0) is 14.7. The van der Waals surface area contributed by atoms with Crippen LogP contribution in [0.15, 0.2) is 18.2 Å². The van der Waals surface area contributed by atoms with Crippen LogP contribution in [-0.4, -0.2) is 37.7 Å². The van der Waals surface area contributed by atoms with Gasteiger partial charge in [-0.1, -0.05) is 11.6 Å². The van der Waals surface area contributed by atoms with Gasteiger partial charge in [0, 0.05) is 5.02 Å². The number of carbonyl (C=O) groups is 1. The molecule has 110 valence electrons. The van der Waals surface area contributed by atoms with E-state index in [4.69, 9.17) is 16.3 Å². The minimum absolute atomic E-state index is 0.133. The van der Waals surface area contributed by atoms with Crippen LogP contribution >= 0.6 is 11.6 Å². The molecule has 1 heterocycles. The van der Waals surface area contributed by atoms with Crippen LogP contribution in [0.25, 0.3) is 0 Å². The van der Waals surface area contributed by atoms with Gasteiger partial charge in [0.15, 0.2) is 6.54 Å². The fourth-order valence-electron chi connectivity index (χ4n) is 2.55. The van der Waals surface area contributed by atoms with Gasteiger partial charge in [0.25, 0.3) is 5.91 Å². The summed E-state index contributed by atoms with van der Waals surface area (Å²) in [7, 11) is 0. The first-order valence-electron chi connectivity index (χ1n) is 6.68. The first-order valence-corrected chi connectivity index (χ1v) is 7.05. The second-order valence-electron chi connectivity index (χ2n) is 5.26. The summed E-state index contributed by atoms with van der Waals surface area (Å²) in [6.45, 7) is 5.85. The van der Waals surface area contributed by atoms with E-state index >= 15 is 0 Å². The molecule has 0 spiro atoms. The number of ether oxygens (including phenoxy) is 1. The number of benzene rings is 1. The molecule has 1 amide bonds. The zero-order valence-electron chi connectivity index (χ0n) is 11.6. The second kappa shape index (κ2) is 6.52. The summed E-state index contributed by atoms with van der Waals surface area (Å²) in [5.74, 6) is -0.730. The van der Waals surface area contributed by atoms with Crippen molar-refractivity contribution in [1.29, 1.82) is 0 Å². The van der Waals surface area contributed by atoms with Crippen molar-refractivity contribution in [2.75, 3.05) is 25.0 Å². The van der Waals surface area contributed by atoms with E-state index in [1.54, 1.807) is 6.07 Å². The SMILES string of the molecule is C[C@@H]1C[NH+](CC(=O)Nc2ccc(Cl)cc2F)C[C@@H](C)O1. The number of hydrogen-bond donors (Lipinski definition) is 2. The molecule has 2 rings (SSSR count). The van der Waals surface area contributed by atoms with Crippen LogP contribution in [0.1, 0.15) is 13.8 Å². The fraction of sp³-hybridized carbons (Fsp3) is 0.500. The summed E-state index contributed by atoms with van der Waals surface area (Å²) in [6.07, 6.45) is 0.266. The van der Waals surface area contributed by atoms with Gasteiger partial charge in [-0.25, -0.2) is 4.39 Å². The van der Waals surface area contributed by atoms with Gasteiger partial charge in [-0.2, -0.15) is 0 Å². The molecule has 1 saturated heterocycles. The number of morpholine rings is 1. The van der Waals surface area contributed by atoms with E-state index in [0.29, 0.717) is 11.6 Å². The molecule has 0 saturated carbocycles. The average Bonchev–Trinajstić information content (AvgIpc) is 2.31. The Morgan fingerprint density at radius 3 is 2.70 bits per heavy atom. The largest absolute Gasteiger partial charge is 0.364 e. The molecule has 2 N–H and O–H groups in total. The van der Waals surface area contributed by atoms with Crippen LogP contribution in [0.3, 0.4) is 0 Å². The van der Waals surface area contributed by atoms with Crippen LogP contribution in [-0.2, 0) is 9.53 Å². The molecule has 2 atom stereocenters. The Hall–Kier alpha value is -1.17. The first-order chi connectivity index (χ1) is 9.44. The van der Waals surface area contributed by atoms with Gasteiger partial charge in [-0.3, -0.25) is 4.79 Å². The van der Waals surface area contributed by atoms with E-state index in [2.05, 4.69) is 5.32 Å². The maximum Gasteiger partial charge on any atom is 0.279 e. The summed E-state index contributed by atoms with van der Waals surface area (Å²) in [4.78, 5) is 13.1. The van der Waals surface area contributed by atoms with Crippen molar-refractivity contribution in [2.24, 2.45) is 0 Å². The Morgan fingerprint density at radius 1 is 1.45 bits per heavy atom. The molecule has 0 unspecified atom stereocenters. The van der Waals surface area contributed by atoms with E-state index in [-0.39, 0.29) is 23.8 Å². The maximum atomic E-state index is 13.6. The van der Waals surface area contributed by atoms with Gasteiger partial charge in [-0.05, 0) is 32.0 Å². The summed E-state index contributed by atoms with van der Waals surface area (Å²) < 4.78 is 19.2. The molecule has 1 fully saturated rings. The molecule has 1 aliphatic heterocycles. The zero-order valence-corrected chi connectivity index (χ0v) is 12.3. The van der Waals surface area contributed by atoms with Gasteiger partial charge in [0.2, 0.25) is 0 Å². The smallest absolute Gasteiger partial charge is 0.279 e. The molecule has 0 aromatic heterocycles. The number of anilines is 1. The maximum absolute atomic E-state index is 13.6. The number of nitrogens with one attached hydrogen (secondary N) is 2. The van der Waals surface area contributed by atoms with E-state index in [0.717, 1.165) is 18.0 Å². The lowest BCUT2D eigenvalue weighted by Crippen LogP contribution is -3.16. The van der Waals surface area contributed by atoms with Crippen LogP contribution in [0.4, 0.5) is 10.1 Å². The molecule has 0 radical (unpaired) electrons. The molecular formula is C14H19ClFN2O2+. The highest BCUT2D eigenvalue weighted by atomic mass is 35.5. The van der Waals surface area contributed by atoms with Gasteiger partial charge >= 0.3 is 0 Å². The predicted molar refractivity (Wildman–Crippen MR) is 75.6 cm³/mol. The summed E-state index contributed by atoms with van der Waals surface area (Å²) in [5, 5.41) is 2.89. The number of hydrogen-bond acceptors (Lipinski definition) is 2. The predicted octanol–water partition coefficient (Wildman–Crippen LogP) is 1.11. The van der Waals surface area contributed by atoms with Crippen molar-refractivity contribution in [2.45, 2.75) is 26.1 Å². The van der Waals surface area contributed by atoms with Crippen LogP contribution in [0, 0.1) is 5.82 Å². The highest BCUT2D eigenvalue weighted by molar-refractivity contribution is 6.30. The van der Waals surface area contributed by atoms with Crippen molar-refractivity contribution in [3.05, 3.63) is 29.0 Å². The van der Waals surface area contributed by atoms with Crippen molar-refractivity contribution < 1.29 is 18.8 Å². The Morgan fingerprint density at radius 2 is 2.10 bits per heavy atom. The number of amides is 1. The Kier molecular flexibility index (Phi) is 4.96. The topological polar surface area (TPSA) is 42.8 Å². The molecular weight excluding hydrogens is 283 g/mol. The summed E-state index contributed by atoms with van der Waals surface area (Å²) in [6, 6.07) is 4.20. The quantitative estimate of drug-likeness (QED) is 0.878. The van der Waals surface area contributed by atoms with Crippen molar-refractivity contribution >= 4 is 23.2 Å². The van der Waals surface area contributed by atoms with E-state index in [1.165, 1.54) is 12.1 Å². The minimum Gasteiger partial charge on any atom is -0.364 e. The van der Waals surface area contributed by atoms with Crippen LogP contribution in [0.5, 0.6) is 0 Å². The highest BCUT2D eigenvalue weighted by Crippen LogP contribution is 2.18. The first kappa shape index (κ1) is 15.2. The third-order valence-electron chi connectivity index (χ3n) is 3.23.